The van der Waals surface area contributed by atoms with Gasteiger partial charge in [0.2, 0.25) is 5.91 Å². The summed E-state index contributed by atoms with van der Waals surface area (Å²) in [5.74, 6) is 1.31. The lowest BCUT2D eigenvalue weighted by Crippen LogP contribution is -2.45. The Bertz CT molecular complexity index is 506. The zero-order valence-electron chi connectivity index (χ0n) is 14.8. The summed E-state index contributed by atoms with van der Waals surface area (Å²) < 4.78 is 5.74. The minimum atomic E-state index is 0.100. The molecule has 0 radical (unpaired) electrons. The first kappa shape index (κ1) is 17.8. The molecule has 4 heteroatoms. The maximum absolute atomic E-state index is 12.0. The Hall–Kier alpha value is -1.55. The van der Waals surface area contributed by atoms with Crippen LogP contribution >= 0.6 is 0 Å². The molecule has 0 aromatic heterocycles. The third-order valence-corrected chi connectivity index (χ3v) is 4.17. The van der Waals surface area contributed by atoms with E-state index in [1.807, 2.05) is 44.7 Å². The SMILES string of the molecule is CC(C)Oc1cccc(CNC2CCN(C(=O)C(C)C)CC2)c1. The third-order valence-electron chi connectivity index (χ3n) is 4.17. The van der Waals surface area contributed by atoms with E-state index in [4.69, 9.17) is 4.74 Å². The van der Waals surface area contributed by atoms with Crippen molar-refractivity contribution in [2.75, 3.05) is 13.1 Å². The van der Waals surface area contributed by atoms with Crippen molar-refractivity contribution in [2.45, 2.75) is 59.2 Å². The summed E-state index contributed by atoms with van der Waals surface area (Å²) in [4.78, 5) is 14.0. The van der Waals surface area contributed by atoms with E-state index in [9.17, 15) is 4.79 Å². The summed E-state index contributed by atoms with van der Waals surface area (Å²) in [6.45, 7) is 10.6. The number of likely N-dealkylation sites (tertiary alicyclic amines) is 1. The quantitative estimate of drug-likeness (QED) is 0.876. The monoisotopic (exact) mass is 318 g/mol. The molecule has 1 heterocycles. The van der Waals surface area contributed by atoms with E-state index in [0.717, 1.165) is 38.2 Å². The first-order valence-electron chi connectivity index (χ1n) is 8.73. The van der Waals surface area contributed by atoms with Gasteiger partial charge in [-0.3, -0.25) is 4.79 Å². The average molecular weight is 318 g/mol. The lowest BCUT2D eigenvalue weighted by atomic mass is 10.0. The molecule has 1 aliphatic heterocycles. The molecule has 0 bridgehead atoms. The van der Waals surface area contributed by atoms with Gasteiger partial charge in [-0.2, -0.15) is 0 Å². The molecule has 128 valence electrons. The van der Waals surface area contributed by atoms with E-state index < -0.39 is 0 Å². The number of hydrogen-bond donors (Lipinski definition) is 1. The van der Waals surface area contributed by atoms with Crippen molar-refractivity contribution in [3.63, 3.8) is 0 Å². The summed E-state index contributed by atoms with van der Waals surface area (Å²) in [7, 11) is 0. The molecule has 0 saturated carbocycles. The van der Waals surface area contributed by atoms with Crippen molar-refractivity contribution in [1.29, 1.82) is 0 Å². The van der Waals surface area contributed by atoms with Crippen LogP contribution in [0.5, 0.6) is 5.75 Å². The molecular weight excluding hydrogens is 288 g/mol. The number of rotatable bonds is 6. The van der Waals surface area contributed by atoms with Crippen molar-refractivity contribution < 1.29 is 9.53 Å². The van der Waals surface area contributed by atoms with Crippen molar-refractivity contribution in [3.05, 3.63) is 29.8 Å². The Morgan fingerprint density at radius 1 is 1.26 bits per heavy atom. The number of hydrogen-bond acceptors (Lipinski definition) is 3. The number of piperidine rings is 1. The number of carbonyl (C=O) groups is 1. The van der Waals surface area contributed by atoms with E-state index in [-0.39, 0.29) is 17.9 Å². The van der Waals surface area contributed by atoms with Gasteiger partial charge in [-0.1, -0.05) is 26.0 Å². The van der Waals surface area contributed by atoms with Gasteiger partial charge < -0.3 is 15.0 Å². The molecule has 1 fully saturated rings. The van der Waals surface area contributed by atoms with Gasteiger partial charge in [0.25, 0.3) is 0 Å². The Labute approximate surface area is 140 Å². The predicted octanol–water partition coefficient (Wildman–Crippen LogP) is 3.21. The lowest BCUT2D eigenvalue weighted by Gasteiger charge is -2.33. The zero-order chi connectivity index (χ0) is 16.8. The molecule has 1 saturated heterocycles. The first-order valence-corrected chi connectivity index (χ1v) is 8.73. The van der Waals surface area contributed by atoms with Crippen molar-refractivity contribution in [2.24, 2.45) is 5.92 Å². The van der Waals surface area contributed by atoms with E-state index in [1.165, 1.54) is 5.56 Å². The summed E-state index contributed by atoms with van der Waals surface area (Å²) in [5.41, 5.74) is 1.24. The van der Waals surface area contributed by atoms with Crippen LogP contribution in [0.3, 0.4) is 0 Å². The zero-order valence-corrected chi connectivity index (χ0v) is 14.8. The normalized spacial score (nSPS) is 16.2. The minimum absolute atomic E-state index is 0.100. The maximum atomic E-state index is 12.0. The van der Waals surface area contributed by atoms with Crippen molar-refractivity contribution in [3.8, 4) is 5.75 Å². The Balaban J connectivity index is 1.78. The highest BCUT2D eigenvalue weighted by Crippen LogP contribution is 2.17. The fourth-order valence-electron chi connectivity index (χ4n) is 2.93. The Morgan fingerprint density at radius 2 is 1.96 bits per heavy atom. The first-order chi connectivity index (χ1) is 11.0. The molecule has 1 N–H and O–H groups in total. The van der Waals surface area contributed by atoms with Crippen LogP contribution in [0, 0.1) is 5.92 Å². The third kappa shape index (κ3) is 5.54. The summed E-state index contributed by atoms with van der Waals surface area (Å²) >= 11 is 0. The summed E-state index contributed by atoms with van der Waals surface area (Å²) in [6, 6.07) is 8.75. The van der Waals surface area contributed by atoms with Gasteiger partial charge in [-0.05, 0) is 44.4 Å². The van der Waals surface area contributed by atoms with Crippen LogP contribution in [-0.2, 0) is 11.3 Å². The highest BCUT2D eigenvalue weighted by Gasteiger charge is 2.23. The van der Waals surface area contributed by atoms with Gasteiger partial charge >= 0.3 is 0 Å². The molecule has 0 unspecified atom stereocenters. The van der Waals surface area contributed by atoms with Crippen LogP contribution in [0.15, 0.2) is 24.3 Å². The number of nitrogens with zero attached hydrogens (tertiary/aromatic N) is 1. The number of nitrogens with one attached hydrogen (secondary N) is 1. The highest BCUT2D eigenvalue weighted by molar-refractivity contribution is 5.78. The lowest BCUT2D eigenvalue weighted by molar-refractivity contribution is -0.135. The number of benzene rings is 1. The summed E-state index contributed by atoms with van der Waals surface area (Å²) in [5, 5.41) is 3.61. The van der Waals surface area contributed by atoms with Crippen molar-refractivity contribution >= 4 is 5.91 Å². The average Bonchev–Trinajstić information content (AvgIpc) is 2.52. The molecule has 23 heavy (non-hydrogen) atoms. The maximum Gasteiger partial charge on any atom is 0.225 e. The fourth-order valence-corrected chi connectivity index (χ4v) is 2.93. The molecule has 0 aliphatic carbocycles. The van der Waals surface area contributed by atoms with E-state index in [1.54, 1.807) is 0 Å². The minimum Gasteiger partial charge on any atom is -0.491 e. The predicted molar refractivity (Wildman–Crippen MR) is 93.5 cm³/mol. The van der Waals surface area contributed by atoms with Gasteiger partial charge in [0.05, 0.1) is 6.10 Å². The van der Waals surface area contributed by atoms with Crippen molar-refractivity contribution in [1.82, 2.24) is 10.2 Å². The molecule has 0 spiro atoms. The van der Waals surface area contributed by atoms with Gasteiger partial charge in [0.1, 0.15) is 5.75 Å². The highest BCUT2D eigenvalue weighted by atomic mass is 16.5. The molecule has 0 atom stereocenters. The second-order valence-corrected chi connectivity index (χ2v) is 6.95. The van der Waals surface area contributed by atoms with Crippen LogP contribution in [-0.4, -0.2) is 36.0 Å². The molecule has 1 aliphatic rings. The van der Waals surface area contributed by atoms with Gasteiger partial charge in [-0.15, -0.1) is 0 Å². The smallest absolute Gasteiger partial charge is 0.225 e. The molecule has 4 nitrogen and oxygen atoms in total. The van der Waals surface area contributed by atoms with E-state index in [2.05, 4.69) is 17.4 Å². The van der Waals surface area contributed by atoms with Crippen LogP contribution in [0.4, 0.5) is 0 Å². The molecule has 1 aromatic rings. The molecular formula is C19H30N2O2. The van der Waals surface area contributed by atoms with Gasteiger partial charge in [0.15, 0.2) is 0 Å². The van der Waals surface area contributed by atoms with Gasteiger partial charge in [-0.25, -0.2) is 0 Å². The Kier molecular flexibility index (Phi) is 6.46. The topological polar surface area (TPSA) is 41.6 Å². The Morgan fingerprint density at radius 3 is 2.57 bits per heavy atom. The van der Waals surface area contributed by atoms with E-state index in [0.29, 0.717) is 6.04 Å². The van der Waals surface area contributed by atoms with Crippen LogP contribution in [0.2, 0.25) is 0 Å². The number of amides is 1. The van der Waals surface area contributed by atoms with Crippen LogP contribution in [0.1, 0.15) is 46.1 Å². The van der Waals surface area contributed by atoms with Crippen LogP contribution in [0.25, 0.3) is 0 Å². The van der Waals surface area contributed by atoms with E-state index >= 15 is 0 Å². The number of ether oxygens (including phenoxy) is 1. The number of carbonyl (C=O) groups excluding carboxylic acids is 1. The largest absolute Gasteiger partial charge is 0.491 e. The van der Waals surface area contributed by atoms with Crippen LogP contribution < -0.4 is 10.1 Å². The second kappa shape index (κ2) is 8.34. The molecule has 2 rings (SSSR count). The molecule has 1 amide bonds. The van der Waals surface area contributed by atoms with Gasteiger partial charge in [0, 0.05) is 31.6 Å². The fraction of sp³-hybridized carbons (Fsp3) is 0.632. The standard InChI is InChI=1S/C19H30N2O2/c1-14(2)19(22)21-10-8-17(9-11-21)20-13-16-6-5-7-18(12-16)23-15(3)4/h5-7,12,14-15,17,20H,8-11,13H2,1-4H3. The second-order valence-electron chi connectivity index (χ2n) is 6.95. The summed E-state index contributed by atoms with van der Waals surface area (Å²) in [6.07, 6.45) is 2.25. The molecule has 1 aromatic carbocycles.